The highest BCUT2D eigenvalue weighted by molar-refractivity contribution is 6.02. The van der Waals surface area contributed by atoms with Crippen LogP contribution >= 0.6 is 0 Å². The van der Waals surface area contributed by atoms with Crippen molar-refractivity contribution < 1.29 is 18.3 Å². The zero-order valence-corrected chi connectivity index (χ0v) is 13.6. The number of para-hydroxylation sites is 1. The standard InChI is InChI=1S/C18H18F2N2O2/c1-11-10-12(2)21-13(3)17(11)22-16(23)9-8-14-6-4-5-7-15(14)24-18(19)20/h4-10,18H,1-3H3,(H,22,23)/b9-8+. The molecule has 4 nitrogen and oxygen atoms in total. The Labute approximate surface area is 139 Å². The molecule has 24 heavy (non-hydrogen) atoms. The third-order valence-corrected chi connectivity index (χ3v) is 3.32. The summed E-state index contributed by atoms with van der Waals surface area (Å²) in [5.41, 5.74) is 3.53. The SMILES string of the molecule is Cc1cc(C)c(NC(=O)/C=C/c2ccccc2OC(F)F)c(C)n1. The second-order valence-electron chi connectivity index (χ2n) is 5.28. The molecule has 6 heteroatoms. The van der Waals surface area contributed by atoms with E-state index in [2.05, 4.69) is 15.0 Å². The minimum atomic E-state index is -2.92. The Morgan fingerprint density at radius 3 is 2.62 bits per heavy atom. The zero-order chi connectivity index (χ0) is 17.7. The van der Waals surface area contributed by atoms with Gasteiger partial charge in [0.15, 0.2) is 0 Å². The summed E-state index contributed by atoms with van der Waals surface area (Å²) in [6.07, 6.45) is 2.70. The molecule has 0 fully saturated rings. The summed E-state index contributed by atoms with van der Waals surface area (Å²) in [6.45, 7) is 2.65. The normalized spacial score (nSPS) is 11.1. The smallest absolute Gasteiger partial charge is 0.387 e. The average molecular weight is 332 g/mol. The molecule has 126 valence electrons. The van der Waals surface area contributed by atoms with Crippen molar-refractivity contribution in [3.63, 3.8) is 0 Å². The lowest BCUT2D eigenvalue weighted by Crippen LogP contribution is -2.11. The van der Waals surface area contributed by atoms with E-state index >= 15 is 0 Å². The monoisotopic (exact) mass is 332 g/mol. The maximum atomic E-state index is 12.4. The van der Waals surface area contributed by atoms with Gasteiger partial charge in [-0.3, -0.25) is 9.78 Å². The van der Waals surface area contributed by atoms with Gasteiger partial charge in [0.25, 0.3) is 0 Å². The minimum Gasteiger partial charge on any atom is -0.434 e. The lowest BCUT2D eigenvalue weighted by atomic mass is 10.1. The number of aryl methyl sites for hydroxylation is 3. The number of amides is 1. The number of nitrogens with zero attached hydrogens (tertiary/aromatic N) is 1. The van der Waals surface area contributed by atoms with Gasteiger partial charge in [-0.05, 0) is 44.5 Å². The van der Waals surface area contributed by atoms with Crippen LogP contribution in [0.1, 0.15) is 22.5 Å². The molecule has 1 aromatic carbocycles. The van der Waals surface area contributed by atoms with E-state index in [1.165, 1.54) is 18.2 Å². The van der Waals surface area contributed by atoms with Crippen LogP contribution in [0.4, 0.5) is 14.5 Å². The van der Waals surface area contributed by atoms with Crippen molar-refractivity contribution in [2.24, 2.45) is 0 Å². The highest BCUT2D eigenvalue weighted by Gasteiger charge is 2.09. The first-order valence-corrected chi connectivity index (χ1v) is 7.34. The first-order valence-electron chi connectivity index (χ1n) is 7.34. The summed E-state index contributed by atoms with van der Waals surface area (Å²) in [7, 11) is 0. The Morgan fingerprint density at radius 2 is 1.96 bits per heavy atom. The van der Waals surface area contributed by atoms with E-state index in [1.54, 1.807) is 18.2 Å². The van der Waals surface area contributed by atoms with Crippen molar-refractivity contribution >= 4 is 17.7 Å². The van der Waals surface area contributed by atoms with Gasteiger partial charge in [0, 0.05) is 17.3 Å². The number of hydrogen-bond acceptors (Lipinski definition) is 3. The lowest BCUT2D eigenvalue weighted by molar-refractivity contribution is -0.111. The van der Waals surface area contributed by atoms with Gasteiger partial charge >= 0.3 is 6.61 Å². The fourth-order valence-corrected chi connectivity index (χ4v) is 2.36. The van der Waals surface area contributed by atoms with Crippen molar-refractivity contribution in [3.05, 3.63) is 58.9 Å². The molecule has 0 aliphatic heterocycles. The first-order chi connectivity index (χ1) is 11.4. The van der Waals surface area contributed by atoms with E-state index in [0.29, 0.717) is 11.3 Å². The van der Waals surface area contributed by atoms with Gasteiger partial charge in [-0.1, -0.05) is 18.2 Å². The molecule has 0 saturated heterocycles. The number of rotatable bonds is 5. The third-order valence-electron chi connectivity index (χ3n) is 3.32. The lowest BCUT2D eigenvalue weighted by Gasteiger charge is -2.10. The maximum Gasteiger partial charge on any atom is 0.387 e. The molecule has 0 radical (unpaired) electrons. The second-order valence-corrected chi connectivity index (χ2v) is 5.28. The Balaban J connectivity index is 2.15. The summed E-state index contributed by atoms with van der Waals surface area (Å²) in [4.78, 5) is 16.4. The molecule has 0 aliphatic rings. The number of alkyl halides is 2. The fraction of sp³-hybridized carbons (Fsp3) is 0.222. The molecule has 2 aromatic rings. The number of aromatic nitrogens is 1. The van der Waals surface area contributed by atoms with Crippen molar-refractivity contribution in [2.75, 3.05) is 5.32 Å². The molecular formula is C18H18F2N2O2. The predicted octanol–water partition coefficient (Wildman–Crippen LogP) is 4.26. The van der Waals surface area contributed by atoms with Gasteiger partial charge in [-0.2, -0.15) is 8.78 Å². The summed E-state index contributed by atoms with van der Waals surface area (Å²) < 4.78 is 29.2. The summed E-state index contributed by atoms with van der Waals surface area (Å²) >= 11 is 0. The molecule has 1 amide bonds. The number of pyridine rings is 1. The van der Waals surface area contributed by atoms with Crippen LogP contribution < -0.4 is 10.1 Å². The van der Waals surface area contributed by atoms with E-state index in [0.717, 1.165) is 17.0 Å². The van der Waals surface area contributed by atoms with Crippen LogP contribution in [0.2, 0.25) is 0 Å². The molecule has 0 unspecified atom stereocenters. The molecule has 1 heterocycles. The Morgan fingerprint density at radius 1 is 1.25 bits per heavy atom. The van der Waals surface area contributed by atoms with Gasteiger partial charge in [-0.25, -0.2) is 0 Å². The minimum absolute atomic E-state index is 0.0147. The van der Waals surface area contributed by atoms with Gasteiger partial charge < -0.3 is 10.1 Å². The Hall–Kier alpha value is -2.76. The largest absolute Gasteiger partial charge is 0.434 e. The van der Waals surface area contributed by atoms with E-state index in [4.69, 9.17) is 0 Å². The van der Waals surface area contributed by atoms with Crippen molar-refractivity contribution in [1.29, 1.82) is 0 Å². The molecule has 0 spiro atoms. The molecule has 0 saturated carbocycles. The number of ether oxygens (including phenoxy) is 1. The van der Waals surface area contributed by atoms with Crippen LogP contribution in [0.3, 0.4) is 0 Å². The highest BCUT2D eigenvalue weighted by atomic mass is 19.3. The van der Waals surface area contributed by atoms with Crippen LogP contribution in [0.15, 0.2) is 36.4 Å². The van der Waals surface area contributed by atoms with Gasteiger partial charge in [0.05, 0.1) is 11.4 Å². The number of benzene rings is 1. The second kappa shape index (κ2) is 7.68. The summed E-state index contributed by atoms with van der Waals surface area (Å²) in [5, 5.41) is 2.76. The Bertz CT molecular complexity index is 750. The topological polar surface area (TPSA) is 51.2 Å². The number of hydrogen-bond donors (Lipinski definition) is 1. The number of anilines is 1. The molecule has 0 bridgehead atoms. The highest BCUT2D eigenvalue weighted by Crippen LogP contribution is 2.22. The van der Waals surface area contributed by atoms with Gasteiger partial charge in [0.2, 0.25) is 5.91 Å². The molecule has 2 rings (SSSR count). The third kappa shape index (κ3) is 4.62. The molecule has 0 atom stereocenters. The van der Waals surface area contributed by atoms with E-state index in [1.807, 2.05) is 26.8 Å². The van der Waals surface area contributed by atoms with Crippen LogP contribution in [0.5, 0.6) is 5.75 Å². The number of carbonyl (C=O) groups excluding carboxylic acids is 1. The van der Waals surface area contributed by atoms with Gasteiger partial charge in [-0.15, -0.1) is 0 Å². The fourth-order valence-electron chi connectivity index (χ4n) is 2.36. The number of carbonyl (C=O) groups is 1. The van der Waals surface area contributed by atoms with Crippen LogP contribution in [0, 0.1) is 20.8 Å². The van der Waals surface area contributed by atoms with Crippen molar-refractivity contribution in [3.8, 4) is 5.75 Å². The van der Waals surface area contributed by atoms with Crippen molar-refractivity contribution in [1.82, 2.24) is 4.98 Å². The summed E-state index contributed by atoms with van der Waals surface area (Å²) in [6, 6.07) is 8.14. The van der Waals surface area contributed by atoms with Crippen LogP contribution in [0.25, 0.3) is 6.08 Å². The van der Waals surface area contributed by atoms with E-state index < -0.39 is 6.61 Å². The summed E-state index contributed by atoms with van der Waals surface area (Å²) in [5.74, 6) is -0.361. The Kier molecular flexibility index (Phi) is 5.63. The average Bonchev–Trinajstić information content (AvgIpc) is 2.49. The van der Waals surface area contributed by atoms with Gasteiger partial charge in [0.1, 0.15) is 5.75 Å². The zero-order valence-electron chi connectivity index (χ0n) is 13.6. The quantitative estimate of drug-likeness (QED) is 0.832. The molecular weight excluding hydrogens is 314 g/mol. The van der Waals surface area contributed by atoms with E-state index in [9.17, 15) is 13.6 Å². The van der Waals surface area contributed by atoms with Crippen molar-refractivity contribution in [2.45, 2.75) is 27.4 Å². The molecule has 0 aliphatic carbocycles. The predicted molar refractivity (Wildman–Crippen MR) is 89.2 cm³/mol. The first kappa shape index (κ1) is 17.6. The maximum absolute atomic E-state index is 12.4. The molecule has 1 aromatic heterocycles. The number of nitrogens with one attached hydrogen (secondary N) is 1. The van der Waals surface area contributed by atoms with E-state index in [-0.39, 0.29) is 11.7 Å². The van der Waals surface area contributed by atoms with Crippen LogP contribution in [-0.4, -0.2) is 17.5 Å². The molecule has 1 N–H and O–H groups in total. The number of halogens is 2. The van der Waals surface area contributed by atoms with Crippen LogP contribution in [-0.2, 0) is 4.79 Å².